The van der Waals surface area contributed by atoms with Crippen LogP contribution in [0.4, 0.5) is 5.69 Å². The second-order valence-corrected chi connectivity index (χ2v) is 10.0. The maximum atomic E-state index is 13.1. The summed E-state index contributed by atoms with van der Waals surface area (Å²) in [7, 11) is 0. The van der Waals surface area contributed by atoms with Gasteiger partial charge in [-0.05, 0) is 67.8 Å². The van der Waals surface area contributed by atoms with Gasteiger partial charge in [0, 0.05) is 29.1 Å². The lowest BCUT2D eigenvalue weighted by molar-refractivity contribution is 0.102. The summed E-state index contributed by atoms with van der Waals surface area (Å²) in [5, 5.41) is 6.05. The first-order valence-corrected chi connectivity index (χ1v) is 13.4. The third-order valence-corrected chi connectivity index (χ3v) is 7.74. The van der Waals surface area contributed by atoms with Crippen LogP contribution < -0.4 is 5.32 Å². The van der Waals surface area contributed by atoms with Gasteiger partial charge < -0.3 is 9.73 Å². The summed E-state index contributed by atoms with van der Waals surface area (Å²) in [6.45, 7) is 5.12. The fourth-order valence-electron chi connectivity index (χ4n) is 4.60. The van der Waals surface area contributed by atoms with Crippen molar-refractivity contribution in [3.05, 3.63) is 100 Å². The topological polar surface area (TPSA) is 58.4 Å². The molecule has 2 aromatic carbocycles. The van der Waals surface area contributed by atoms with Gasteiger partial charge in [0.2, 0.25) is 0 Å². The van der Waals surface area contributed by atoms with Crippen LogP contribution in [0.2, 0.25) is 0 Å². The number of benzene rings is 2. The van der Waals surface area contributed by atoms with Crippen LogP contribution in [0, 0.1) is 0 Å². The highest BCUT2D eigenvalue weighted by atomic mass is 32.1. The average molecular weight is 498 g/mol. The average Bonchev–Trinajstić information content (AvgIpc) is 3.63. The number of likely N-dealkylation sites (tertiary alicyclic amines) is 1. The smallest absolute Gasteiger partial charge is 0.275 e. The van der Waals surface area contributed by atoms with E-state index in [0.29, 0.717) is 11.6 Å². The molecule has 6 heteroatoms. The summed E-state index contributed by atoms with van der Waals surface area (Å²) >= 11 is 1.60. The Bertz CT molecular complexity index is 1300. The van der Waals surface area contributed by atoms with E-state index in [2.05, 4.69) is 47.5 Å². The minimum atomic E-state index is -0.157. The summed E-state index contributed by atoms with van der Waals surface area (Å²) in [5.74, 6) is 1.14. The van der Waals surface area contributed by atoms with Crippen molar-refractivity contribution in [1.82, 2.24) is 9.88 Å². The van der Waals surface area contributed by atoms with Gasteiger partial charge in [-0.15, -0.1) is 11.3 Å². The summed E-state index contributed by atoms with van der Waals surface area (Å²) in [4.78, 5) is 20.3. The van der Waals surface area contributed by atoms with Gasteiger partial charge in [-0.2, -0.15) is 0 Å². The molecule has 5 rings (SSSR count). The second kappa shape index (κ2) is 11.5. The molecule has 1 aliphatic rings. The lowest BCUT2D eigenvalue weighted by Gasteiger charge is -2.30. The van der Waals surface area contributed by atoms with E-state index in [1.54, 1.807) is 17.6 Å². The molecule has 0 atom stereocenters. The molecule has 1 amide bonds. The summed E-state index contributed by atoms with van der Waals surface area (Å²) in [6, 6.07) is 20.3. The van der Waals surface area contributed by atoms with Crippen LogP contribution in [0.5, 0.6) is 0 Å². The molecule has 0 saturated carbocycles. The number of amides is 1. The van der Waals surface area contributed by atoms with Gasteiger partial charge in [0.25, 0.3) is 5.91 Å². The quantitative estimate of drug-likeness (QED) is 0.282. The fourth-order valence-corrected chi connectivity index (χ4v) is 5.57. The third-order valence-electron chi connectivity index (χ3n) is 6.73. The molecular weight excluding hydrogens is 466 g/mol. The van der Waals surface area contributed by atoms with Gasteiger partial charge in [0.15, 0.2) is 0 Å². The highest BCUT2D eigenvalue weighted by molar-refractivity contribution is 7.10. The molecule has 4 aromatic rings. The van der Waals surface area contributed by atoms with Gasteiger partial charge >= 0.3 is 0 Å². The number of nitrogens with zero attached hydrogens (tertiary/aromatic N) is 2. The standard InChI is InChI=1S/C30H31N3O2S/c1-2-22-11-13-23(14-12-22)26-9-3-4-10-27(26)31-29(34)28-21-36-30(32-28)24-15-18-33(19-16-24)17-5-7-25-8-6-20-35-25/h3-14,20-21,24H,2,15-19H2,1H3,(H,31,34)/b7-5-. The molecule has 1 aliphatic heterocycles. The molecule has 5 nitrogen and oxygen atoms in total. The lowest BCUT2D eigenvalue weighted by Crippen LogP contribution is -2.33. The molecule has 0 unspecified atom stereocenters. The Labute approximate surface area is 216 Å². The van der Waals surface area contributed by atoms with Crippen LogP contribution in [-0.2, 0) is 6.42 Å². The van der Waals surface area contributed by atoms with Crippen molar-refractivity contribution in [1.29, 1.82) is 0 Å². The molecule has 0 radical (unpaired) electrons. The number of anilines is 1. The number of hydrogen-bond donors (Lipinski definition) is 1. The molecule has 0 aliphatic carbocycles. The predicted molar refractivity (Wildman–Crippen MR) is 147 cm³/mol. The molecule has 1 saturated heterocycles. The normalized spacial score (nSPS) is 14.9. The number of aryl methyl sites for hydroxylation is 1. The Morgan fingerprint density at radius 1 is 1.11 bits per heavy atom. The molecule has 1 N–H and O–H groups in total. The number of hydrogen-bond acceptors (Lipinski definition) is 5. The van der Waals surface area contributed by atoms with E-state index < -0.39 is 0 Å². The molecule has 184 valence electrons. The minimum absolute atomic E-state index is 0.157. The zero-order valence-corrected chi connectivity index (χ0v) is 21.3. The van der Waals surface area contributed by atoms with Gasteiger partial charge in [-0.25, -0.2) is 4.98 Å². The SMILES string of the molecule is CCc1ccc(-c2ccccc2NC(=O)c2csc(C3CCN(C/C=C\c4ccco4)CC3)n2)cc1. The highest BCUT2D eigenvalue weighted by Crippen LogP contribution is 2.32. The Balaban J connectivity index is 1.18. The van der Waals surface area contributed by atoms with Crippen LogP contribution in [-0.4, -0.2) is 35.4 Å². The Kier molecular flexibility index (Phi) is 7.74. The van der Waals surface area contributed by atoms with Crippen LogP contribution in [0.1, 0.15) is 52.5 Å². The van der Waals surface area contributed by atoms with Gasteiger partial charge in [0.05, 0.1) is 11.3 Å². The van der Waals surface area contributed by atoms with E-state index in [1.165, 1.54) is 5.56 Å². The van der Waals surface area contributed by atoms with Gasteiger partial charge in [0.1, 0.15) is 11.5 Å². The largest absolute Gasteiger partial charge is 0.465 e. The van der Waals surface area contributed by atoms with Crippen molar-refractivity contribution in [3.63, 3.8) is 0 Å². The summed E-state index contributed by atoms with van der Waals surface area (Å²) < 4.78 is 5.35. The first-order chi connectivity index (χ1) is 17.7. The molecule has 3 heterocycles. The number of rotatable bonds is 8. The summed E-state index contributed by atoms with van der Waals surface area (Å²) in [5.41, 5.74) is 4.70. The van der Waals surface area contributed by atoms with Gasteiger partial charge in [-0.3, -0.25) is 9.69 Å². The molecule has 36 heavy (non-hydrogen) atoms. The van der Waals surface area contributed by atoms with Crippen LogP contribution in [0.3, 0.4) is 0 Å². The van der Waals surface area contributed by atoms with E-state index in [9.17, 15) is 4.79 Å². The van der Waals surface area contributed by atoms with Crippen molar-refractivity contribution >= 4 is 29.0 Å². The maximum absolute atomic E-state index is 13.1. The van der Waals surface area contributed by atoms with E-state index in [4.69, 9.17) is 9.40 Å². The maximum Gasteiger partial charge on any atom is 0.275 e. The van der Waals surface area contributed by atoms with Crippen molar-refractivity contribution in [3.8, 4) is 11.1 Å². The Morgan fingerprint density at radius 2 is 1.92 bits per heavy atom. The van der Waals surface area contributed by atoms with Crippen molar-refractivity contribution in [2.75, 3.05) is 25.0 Å². The highest BCUT2D eigenvalue weighted by Gasteiger charge is 2.24. The number of carbonyl (C=O) groups is 1. The van der Waals surface area contributed by atoms with E-state index in [1.807, 2.05) is 47.9 Å². The van der Waals surface area contributed by atoms with E-state index in [-0.39, 0.29) is 5.91 Å². The van der Waals surface area contributed by atoms with Crippen molar-refractivity contribution in [2.24, 2.45) is 0 Å². The first kappa shape index (κ1) is 24.2. The lowest BCUT2D eigenvalue weighted by atomic mass is 9.97. The molecule has 0 bridgehead atoms. The number of aromatic nitrogens is 1. The van der Waals surface area contributed by atoms with Gasteiger partial charge in [-0.1, -0.05) is 55.5 Å². The predicted octanol–water partition coefficient (Wildman–Crippen LogP) is 7.11. The number of nitrogens with one attached hydrogen (secondary N) is 1. The Morgan fingerprint density at radius 3 is 2.67 bits per heavy atom. The number of piperidine rings is 1. The molecule has 0 spiro atoms. The van der Waals surface area contributed by atoms with Crippen LogP contribution in [0.15, 0.2) is 82.8 Å². The molecular formula is C30H31N3O2S. The van der Waals surface area contributed by atoms with E-state index >= 15 is 0 Å². The second-order valence-electron chi connectivity index (χ2n) is 9.11. The number of para-hydroxylation sites is 1. The zero-order valence-electron chi connectivity index (χ0n) is 20.5. The number of furan rings is 1. The van der Waals surface area contributed by atoms with Crippen molar-refractivity contribution in [2.45, 2.75) is 32.1 Å². The summed E-state index contributed by atoms with van der Waals surface area (Å²) in [6.07, 6.45) is 8.99. The third kappa shape index (κ3) is 5.83. The van der Waals surface area contributed by atoms with Crippen LogP contribution >= 0.6 is 11.3 Å². The fraction of sp³-hybridized carbons (Fsp3) is 0.267. The Hall–Kier alpha value is -3.48. The van der Waals surface area contributed by atoms with Crippen LogP contribution in [0.25, 0.3) is 17.2 Å². The molecule has 1 fully saturated rings. The minimum Gasteiger partial charge on any atom is -0.465 e. The van der Waals surface area contributed by atoms with E-state index in [0.717, 1.165) is 66.5 Å². The first-order valence-electron chi connectivity index (χ1n) is 12.6. The number of thiazole rings is 1. The monoisotopic (exact) mass is 497 g/mol. The number of carbonyl (C=O) groups excluding carboxylic acids is 1. The molecule has 2 aromatic heterocycles. The zero-order chi connectivity index (χ0) is 24.7. The van der Waals surface area contributed by atoms with Crippen molar-refractivity contribution < 1.29 is 9.21 Å².